The Morgan fingerprint density at radius 3 is 2.71 bits per heavy atom. The van der Waals surface area contributed by atoms with Crippen LogP contribution in [0.5, 0.6) is 0 Å². The molecule has 0 amide bonds. The lowest BCUT2D eigenvalue weighted by Crippen LogP contribution is -1.88. The Labute approximate surface area is 85.1 Å². The monoisotopic (exact) mass is 208 g/mol. The van der Waals surface area contributed by atoms with Crippen LogP contribution in [0.4, 0.5) is 4.39 Å². The molecule has 0 aromatic heterocycles. The van der Waals surface area contributed by atoms with Crippen molar-refractivity contribution in [2.45, 2.75) is 0 Å². The van der Waals surface area contributed by atoms with E-state index >= 15 is 0 Å². The van der Waals surface area contributed by atoms with Crippen molar-refractivity contribution in [1.82, 2.24) is 0 Å². The molecule has 0 unspecified atom stereocenters. The molecule has 0 fully saturated rings. The lowest BCUT2D eigenvalue weighted by molar-refractivity contribution is 0.108. The van der Waals surface area contributed by atoms with E-state index in [-0.39, 0.29) is 5.82 Å². The minimum Gasteiger partial charge on any atom is -0.276 e. The maximum absolute atomic E-state index is 13.2. The minimum absolute atomic E-state index is 0.295. The fourth-order valence-electron chi connectivity index (χ4n) is 1.37. The van der Waals surface area contributed by atoms with E-state index in [0.717, 1.165) is 0 Å². The molecule has 0 heterocycles. The van der Waals surface area contributed by atoms with Crippen molar-refractivity contribution in [2.24, 2.45) is 0 Å². The van der Waals surface area contributed by atoms with Gasteiger partial charge in [0.2, 0.25) is 0 Å². The molecule has 2 aromatic rings. The van der Waals surface area contributed by atoms with Gasteiger partial charge in [0, 0.05) is 10.9 Å². The Morgan fingerprint density at radius 1 is 1.21 bits per heavy atom. The molecule has 0 saturated carbocycles. The van der Waals surface area contributed by atoms with E-state index in [2.05, 4.69) is 0 Å². The van der Waals surface area contributed by atoms with Crippen molar-refractivity contribution in [3.63, 3.8) is 0 Å². The van der Waals surface area contributed by atoms with Crippen LogP contribution >= 0.6 is 11.6 Å². The van der Waals surface area contributed by atoms with E-state index in [4.69, 9.17) is 11.6 Å². The van der Waals surface area contributed by atoms with Crippen LogP contribution in [0.25, 0.3) is 10.8 Å². The highest BCUT2D eigenvalue weighted by Crippen LogP contribution is 2.19. The molecular formula is C11H6ClFO. The molecule has 70 valence electrons. The van der Waals surface area contributed by atoms with Crippen molar-refractivity contribution < 1.29 is 9.18 Å². The van der Waals surface area contributed by atoms with Gasteiger partial charge in [0.1, 0.15) is 5.82 Å². The fraction of sp³-hybridized carbons (Fsp3) is 0. The van der Waals surface area contributed by atoms with Crippen LogP contribution in [0, 0.1) is 5.82 Å². The fourth-order valence-corrected chi connectivity index (χ4v) is 1.48. The van der Waals surface area contributed by atoms with Gasteiger partial charge in [0.15, 0.2) is 0 Å². The molecule has 0 aliphatic heterocycles. The van der Waals surface area contributed by atoms with E-state index in [1.165, 1.54) is 12.1 Å². The number of halogens is 2. The number of rotatable bonds is 1. The average Bonchev–Trinajstić information content (AvgIpc) is 2.17. The number of benzene rings is 2. The number of hydrogen-bond acceptors (Lipinski definition) is 1. The molecule has 0 atom stereocenters. The van der Waals surface area contributed by atoms with E-state index < -0.39 is 5.24 Å². The van der Waals surface area contributed by atoms with Crippen LogP contribution in [0.1, 0.15) is 10.4 Å². The first-order chi connectivity index (χ1) is 6.68. The summed E-state index contributed by atoms with van der Waals surface area (Å²) in [6.07, 6.45) is 0. The van der Waals surface area contributed by atoms with Crippen molar-refractivity contribution >= 4 is 27.6 Å². The van der Waals surface area contributed by atoms with Gasteiger partial charge in [0.05, 0.1) is 0 Å². The molecule has 3 heteroatoms. The summed E-state index contributed by atoms with van der Waals surface area (Å²) in [5, 5.41) is 0.641. The number of carbonyl (C=O) groups excluding carboxylic acids is 1. The topological polar surface area (TPSA) is 17.1 Å². The Morgan fingerprint density at radius 2 is 2.00 bits per heavy atom. The van der Waals surface area contributed by atoms with Gasteiger partial charge in [-0.3, -0.25) is 4.79 Å². The van der Waals surface area contributed by atoms with Gasteiger partial charge in [-0.05, 0) is 35.2 Å². The third kappa shape index (κ3) is 1.49. The largest absolute Gasteiger partial charge is 0.276 e. The highest BCUT2D eigenvalue weighted by molar-refractivity contribution is 6.67. The minimum atomic E-state index is -0.531. The van der Waals surface area contributed by atoms with Crippen LogP contribution < -0.4 is 0 Å². The van der Waals surface area contributed by atoms with E-state index in [9.17, 15) is 9.18 Å². The molecule has 2 aromatic carbocycles. The summed E-state index contributed by atoms with van der Waals surface area (Å²) in [5.41, 5.74) is 0.379. The Kier molecular flexibility index (Phi) is 2.22. The van der Waals surface area contributed by atoms with Gasteiger partial charge in [-0.2, -0.15) is 0 Å². The van der Waals surface area contributed by atoms with Crippen LogP contribution in [0.2, 0.25) is 0 Å². The third-order valence-electron chi connectivity index (χ3n) is 2.05. The van der Waals surface area contributed by atoms with Gasteiger partial charge in [0.25, 0.3) is 5.24 Å². The predicted octanol–water partition coefficient (Wildman–Crippen LogP) is 3.36. The highest BCUT2D eigenvalue weighted by atomic mass is 35.5. The zero-order valence-corrected chi connectivity index (χ0v) is 7.88. The first-order valence-corrected chi connectivity index (χ1v) is 4.44. The SMILES string of the molecule is O=C(Cl)c1ccc2c(F)cccc2c1. The zero-order valence-electron chi connectivity index (χ0n) is 7.13. The van der Waals surface area contributed by atoms with Crippen LogP contribution in [-0.4, -0.2) is 5.24 Å². The second-order valence-corrected chi connectivity index (χ2v) is 3.29. The summed E-state index contributed by atoms with van der Waals surface area (Å²) < 4.78 is 13.2. The van der Waals surface area contributed by atoms with Gasteiger partial charge in [-0.15, -0.1) is 0 Å². The second-order valence-electron chi connectivity index (χ2n) is 2.95. The molecule has 0 radical (unpaired) electrons. The van der Waals surface area contributed by atoms with Crippen molar-refractivity contribution in [1.29, 1.82) is 0 Å². The summed E-state index contributed by atoms with van der Waals surface area (Å²) in [5.74, 6) is -0.295. The molecule has 2 rings (SSSR count). The summed E-state index contributed by atoms with van der Waals surface area (Å²) in [6.45, 7) is 0. The lowest BCUT2D eigenvalue weighted by Gasteiger charge is -2.00. The summed E-state index contributed by atoms with van der Waals surface area (Å²) in [6, 6.07) is 9.36. The van der Waals surface area contributed by atoms with Gasteiger partial charge >= 0.3 is 0 Å². The third-order valence-corrected chi connectivity index (χ3v) is 2.27. The van der Waals surface area contributed by atoms with Crippen molar-refractivity contribution in [3.05, 3.63) is 47.8 Å². The maximum atomic E-state index is 13.2. The number of fused-ring (bicyclic) bond motifs is 1. The molecule has 0 aliphatic rings. The molecule has 0 aliphatic carbocycles. The number of carbonyl (C=O) groups is 1. The zero-order chi connectivity index (χ0) is 10.1. The second kappa shape index (κ2) is 3.39. The van der Waals surface area contributed by atoms with Gasteiger partial charge in [-0.1, -0.05) is 18.2 Å². The average molecular weight is 209 g/mol. The smallest absolute Gasteiger partial charge is 0.252 e. The Balaban J connectivity index is 2.73. The van der Waals surface area contributed by atoms with E-state index in [1.54, 1.807) is 24.3 Å². The quantitative estimate of drug-likeness (QED) is 0.657. The lowest BCUT2D eigenvalue weighted by atomic mass is 10.1. The van der Waals surface area contributed by atoms with Gasteiger partial charge in [-0.25, -0.2) is 4.39 Å². The predicted molar refractivity (Wildman–Crippen MR) is 54.1 cm³/mol. The number of hydrogen-bond donors (Lipinski definition) is 0. The van der Waals surface area contributed by atoms with Crippen LogP contribution in [-0.2, 0) is 0 Å². The summed E-state index contributed by atoms with van der Waals surface area (Å²) >= 11 is 5.31. The molecule has 0 saturated heterocycles. The van der Waals surface area contributed by atoms with Crippen LogP contribution in [0.3, 0.4) is 0 Å². The standard InChI is InChI=1S/C11H6ClFO/c12-11(14)8-4-5-9-7(6-8)2-1-3-10(9)13/h1-6H. The molecule has 14 heavy (non-hydrogen) atoms. The van der Waals surface area contributed by atoms with Crippen LogP contribution in [0.15, 0.2) is 36.4 Å². The molecule has 0 bridgehead atoms. The summed E-state index contributed by atoms with van der Waals surface area (Å²) in [4.78, 5) is 10.8. The van der Waals surface area contributed by atoms with Gasteiger partial charge < -0.3 is 0 Å². The normalized spacial score (nSPS) is 10.4. The highest BCUT2D eigenvalue weighted by Gasteiger charge is 2.04. The molecule has 0 N–H and O–H groups in total. The van der Waals surface area contributed by atoms with E-state index in [1.807, 2.05) is 0 Å². The first-order valence-electron chi connectivity index (χ1n) is 4.06. The maximum Gasteiger partial charge on any atom is 0.252 e. The van der Waals surface area contributed by atoms with Crippen molar-refractivity contribution in [3.8, 4) is 0 Å². The molecule has 0 spiro atoms. The molecular weight excluding hydrogens is 203 g/mol. The first kappa shape index (κ1) is 9.16. The molecule has 1 nitrogen and oxygen atoms in total. The Bertz CT molecular complexity index is 508. The van der Waals surface area contributed by atoms with Crippen molar-refractivity contribution in [2.75, 3.05) is 0 Å². The summed E-state index contributed by atoms with van der Waals surface area (Å²) in [7, 11) is 0. The van der Waals surface area contributed by atoms with E-state index in [0.29, 0.717) is 16.3 Å². The Hall–Kier alpha value is -1.41.